The van der Waals surface area contributed by atoms with E-state index in [1.54, 1.807) is 0 Å². The fourth-order valence-corrected chi connectivity index (χ4v) is 2.43. The lowest BCUT2D eigenvalue weighted by atomic mass is 10.1. The summed E-state index contributed by atoms with van der Waals surface area (Å²) in [5.74, 6) is 0.703. The van der Waals surface area contributed by atoms with E-state index in [0.717, 1.165) is 23.8 Å². The van der Waals surface area contributed by atoms with Gasteiger partial charge in [-0.05, 0) is 18.6 Å². The predicted octanol–water partition coefficient (Wildman–Crippen LogP) is 5.22. The molecule has 0 aliphatic heterocycles. The maximum atomic E-state index is 10.1. The second kappa shape index (κ2) is 7.34. The van der Waals surface area contributed by atoms with Crippen molar-refractivity contribution < 1.29 is 9.52 Å². The summed E-state index contributed by atoms with van der Waals surface area (Å²) in [5, 5.41) is 11.2. The van der Waals surface area contributed by atoms with Crippen LogP contribution in [-0.4, -0.2) is 5.11 Å². The van der Waals surface area contributed by atoms with Crippen LogP contribution in [0.5, 0.6) is 0 Å². The molecule has 1 N–H and O–H groups in total. The van der Waals surface area contributed by atoms with Gasteiger partial charge in [-0.3, -0.25) is 0 Å². The van der Waals surface area contributed by atoms with Crippen molar-refractivity contribution in [3.05, 3.63) is 36.1 Å². The highest BCUT2D eigenvalue weighted by atomic mass is 16.4. The Morgan fingerprint density at radius 2 is 1.79 bits per heavy atom. The first kappa shape index (κ1) is 14.1. The highest BCUT2D eigenvalue weighted by molar-refractivity contribution is 5.77. The van der Waals surface area contributed by atoms with Gasteiger partial charge in [-0.15, -0.1) is 0 Å². The largest absolute Gasteiger partial charge is 0.458 e. The number of fused-ring (bicyclic) bond motifs is 1. The summed E-state index contributed by atoms with van der Waals surface area (Å²) in [6.07, 6.45) is 7.81. The molecular formula is C17H24O2. The van der Waals surface area contributed by atoms with Crippen molar-refractivity contribution >= 4 is 11.0 Å². The fourth-order valence-electron chi connectivity index (χ4n) is 2.43. The highest BCUT2D eigenvalue weighted by Gasteiger charge is 2.12. The molecule has 0 saturated heterocycles. The van der Waals surface area contributed by atoms with Gasteiger partial charge in [-0.25, -0.2) is 0 Å². The van der Waals surface area contributed by atoms with Gasteiger partial charge < -0.3 is 9.52 Å². The number of hydrogen-bond acceptors (Lipinski definition) is 2. The van der Waals surface area contributed by atoms with Crippen LogP contribution in [0.25, 0.3) is 11.0 Å². The number of benzene rings is 1. The molecule has 0 saturated carbocycles. The molecule has 2 rings (SSSR count). The smallest absolute Gasteiger partial charge is 0.134 e. The van der Waals surface area contributed by atoms with E-state index in [2.05, 4.69) is 6.92 Å². The van der Waals surface area contributed by atoms with Crippen LogP contribution in [0.15, 0.2) is 34.7 Å². The lowest BCUT2D eigenvalue weighted by molar-refractivity contribution is 0.139. The maximum Gasteiger partial charge on any atom is 0.134 e. The minimum absolute atomic E-state index is 0.460. The quantitative estimate of drug-likeness (QED) is 0.660. The minimum atomic E-state index is -0.460. The monoisotopic (exact) mass is 260 g/mol. The Balaban J connectivity index is 1.78. The Hall–Kier alpha value is -1.28. The van der Waals surface area contributed by atoms with Crippen LogP contribution >= 0.6 is 0 Å². The molecule has 1 unspecified atom stereocenters. The number of aliphatic hydroxyl groups excluding tert-OH is 1. The van der Waals surface area contributed by atoms with Crippen LogP contribution in [0.4, 0.5) is 0 Å². The normalized spacial score (nSPS) is 12.9. The fraction of sp³-hybridized carbons (Fsp3) is 0.529. The Morgan fingerprint density at radius 3 is 2.58 bits per heavy atom. The van der Waals surface area contributed by atoms with Crippen molar-refractivity contribution in [1.29, 1.82) is 0 Å². The average molecular weight is 260 g/mol. The van der Waals surface area contributed by atoms with E-state index in [0.29, 0.717) is 5.76 Å². The summed E-state index contributed by atoms with van der Waals surface area (Å²) < 4.78 is 5.68. The van der Waals surface area contributed by atoms with E-state index >= 15 is 0 Å². The summed E-state index contributed by atoms with van der Waals surface area (Å²) in [4.78, 5) is 0. The van der Waals surface area contributed by atoms with Gasteiger partial charge in [0.25, 0.3) is 0 Å². The molecule has 0 spiro atoms. The van der Waals surface area contributed by atoms with Crippen molar-refractivity contribution in [2.75, 3.05) is 0 Å². The average Bonchev–Trinajstić information content (AvgIpc) is 2.86. The zero-order valence-corrected chi connectivity index (χ0v) is 11.8. The summed E-state index contributed by atoms with van der Waals surface area (Å²) in [6.45, 7) is 2.23. The van der Waals surface area contributed by atoms with E-state index < -0.39 is 6.10 Å². The topological polar surface area (TPSA) is 33.4 Å². The molecule has 1 heterocycles. The van der Waals surface area contributed by atoms with Gasteiger partial charge in [0.1, 0.15) is 17.4 Å². The third kappa shape index (κ3) is 4.10. The Kier molecular flexibility index (Phi) is 5.46. The maximum absolute atomic E-state index is 10.1. The van der Waals surface area contributed by atoms with Gasteiger partial charge >= 0.3 is 0 Å². The third-order valence-electron chi connectivity index (χ3n) is 3.60. The molecule has 1 aromatic carbocycles. The van der Waals surface area contributed by atoms with Gasteiger partial charge in [0.15, 0.2) is 0 Å². The van der Waals surface area contributed by atoms with Crippen LogP contribution in [0.2, 0.25) is 0 Å². The lowest BCUT2D eigenvalue weighted by Crippen LogP contribution is -1.95. The molecule has 0 aliphatic rings. The molecule has 19 heavy (non-hydrogen) atoms. The molecule has 0 fully saturated rings. The molecule has 1 aromatic heterocycles. The van der Waals surface area contributed by atoms with Crippen LogP contribution in [0, 0.1) is 0 Å². The molecule has 1 atom stereocenters. The number of unbranched alkanes of at least 4 members (excludes halogenated alkanes) is 5. The second-order valence-corrected chi connectivity index (χ2v) is 5.26. The van der Waals surface area contributed by atoms with Crippen molar-refractivity contribution in [2.45, 2.75) is 58.0 Å². The Morgan fingerprint density at radius 1 is 1.05 bits per heavy atom. The van der Waals surface area contributed by atoms with E-state index in [-0.39, 0.29) is 0 Å². The van der Waals surface area contributed by atoms with Gasteiger partial charge in [-0.1, -0.05) is 63.6 Å². The van der Waals surface area contributed by atoms with Crippen LogP contribution in [-0.2, 0) is 0 Å². The number of rotatable bonds is 8. The van der Waals surface area contributed by atoms with Crippen molar-refractivity contribution in [2.24, 2.45) is 0 Å². The van der Waals surface area contributed by atoms with E-state index in [1.807, 2.05) is 30.3 Å². The summed E-state index contributed by atoms with van der Waals surface area (Å²) in [7, 11) is 0. The lowest BCUT2D eigenvalue weighted by Gasteiger charge is -2.07. The number of aliphatic hydroxyl groups is 1. The van der Waals surface area contributed by atoms with Crippen LogP contribution in [0.3, 0.4) is 0 Å². The van der Waals surface area contributed by atoms with Crippen LogP contribution in [0.1, 0.15) is 63.7 Å². The zero-order valence-electron chi connectivity index (χ0n) is 11.8. The standard InChI is InChI=1S/C17H24O2/c1-2-3-4-5-6-7-11-15(18)17-13-14-10-8-9-12-16(14)19-17/h8-10,12-13,15,18H,2-7,11H2,1H3. The molecule has 2 nitrogen and oxygen atoms in total. The first-order valence-electron chi connectivity index (χ1n) is 7.48. The Bertz CT molecular complexity index is 454. The molecule has 0 aliphatic carbocycles. The zero-order chi connectivity index (χ0) is 13.5. The van der Waals surface area contributed by atoms with Crippen LogP contribution < -0.4 is 0 Å². The minimum Gasteiger partial charge on any atom is -0.458 e. The van der Waals surface area contributed by atoms with Gasteiger partial charge in [0.2, 0.25) is 0 Å². The molecule has 2 heteroatoms. The van der Waals surface area contributed by atoms with Gasteiger partial charge in [0.05, 0.1) is 0 Å². The first-order chi connectivity index (χ1) is 9.31. The van der Waals surface area contributed by atoms with Crippen molar-refractivity contribution in [1.82, 2.24) is 0 Å². The third-order valence-corrected chi connectivity index (χ3v) is 3.60. The second-order valence-electron chi connectivity index (χ2n) is 5.26. The molecular weight excluding hydrogens is 236 g/mol. The number of furan rings is 1. The molecule has 2 aromatic rings. The van der Waals surface area contributed by atoms with Crippen molar-refractivity contribution in [3.63, 3.8) is 0 Å². The summed E-state index contributed by atoms with van der Waals surface area (Å²) in [6, 6.07) is 9.85. The first-order valence-corrected chi connectivity index (χ1v) is 7.48. The van der Waals surface area contributed by atoms with E-state index in [1.165, 1.54) is 32.1 Å². The Labute approximate surface area is 115 Å². The molecule has 0 amide bonds. The summed E-state index contributed by atoms with van der Waals surface area (Å²) in [5.41, 5.74) is 0.861. The highest BCUT2D eigenvalue weighted by Crippen LogP contribution is 2.26. The van der Waals surface area contributed by atoms with E-state index in [4.69, 9.17) is 4.42 Å². The molecule has 0 radical (unpaired) electrons. The molecule has 104 valence electrons. The number of para-hydroxylation sites is 1. The SMILES string of the molecule is CCCCCCCCC(O)c1cc2ccccc2o1. The predicted molar refractivity (Wildman–Crippen MR) is 79.2 cm³/mol. The molecule has 0 bridgehead atoms. The van der Waals surface area contributed by atoms with Gasteiger partial charge in [-0.2, -0.15) is 0 Å². The van der Waals surface area contributed by atoms with Gasteiger partial charge in [0, 0.05) is 5.39 Å². The summed E-state index contributed by atoms with van der Waals surface area (Å²) >= 11 is 0. The number of hydrogen-bond donors (Lipinski definition) is 1. The van der Waals surface area contributed by atoms with Crippen molar-refractivity contribution in [3.8, 4) is 0 Å². The van der Waals surface area contributed by atoms with E-state index in [9.17, 15) is 5.11 Å².